The van der Waals surface area contributed by atoms with Gasteiger partial charge in [-0.1, -0.05) is 0 Å². The van der Waals surface area contributed by atoms with E-state index in [0.29, 0.717) is 16.7 Å². The van der Waals surface area contributed by atoms with Gasteiger partial charge in [-0.2, -0.15) is 0 Å². The lowest BCUT2D eigenvalue weighted by Crippen LogP contribution is -2.04. The molecule has 0 aliphatic carbocycles. The lowest BCUT2D eigenvalue weighted by molar-refractivity contribution is 0.213. The molecule has 90 valence electrons. The van der Waals surface area contributed by atoms with Gasteiger partial charge in [0.15, 0.2) is 11.6 Å². The summed E-state index contributed by atoms with van der Waals surface area (Å²) in [5, 5.41) is 11.6. The molecule has 1 atom stereocenters. The third-order valence-corrected chi connectivity index (χ3v) is 3.67. The fourth-order valence-corrected chi connectivity index (χ4v) is 2.54. The average Bonchev–Trinajstić information content (AvgIpc) is 2.69. The predicted octanol–water partition coefficient (Wildman–Crippen LogP) is 3.40. The minimum Gasteiger partial charge on any atom is -0.381 e. The van der Waals surface area contributed by atoms with Gasteiger partial charge in [-0.25, -0.2) is 18.2 Å². The number of nitrogens with zero attached hydrogens (tertiary/aromatic N) is 1. The molecule has 0 fully saturated rings. The maximum absolute atomic E-state index is 13.4. The molecule has 0 aliphatic heterocycles. The molecule has 2 aromatic rings. The first-order chi connectivity index (χ1) is 7.99. The van der Waals surface area contributed by atoms with Crippen molar-refractivity contribution in [2.24, 2.45) is 0 Å². The van der Waals surface area contributed by atoms with Crippen LogP contribution in [0.4, 0.5) is 13.2 Å². The number of rotatable bonds is 2. The predicted molar refractivity (Wildman–Crippen MR) is 60.2 cm³/mol. The summed E-state index contributed by atoms with van der Waals surface area (Å²) in [5.74, 6) is -3.52. The number of hydrogen-bond donors (Lipinski definition) is 1. The van der Waals surface area contributed by atoms with E-state index in [9.17, 15) is 18.3 Å². The van der Waals surface area contributed by atoms with Crippen molar-refractivity contribution in [1.82, 2.24) is 4.98 Å². The Hall–Kier alpha value is -0.920. The van der Waals surface area contributed by atoms with Gasteiger partial charge >= 0.3 is 0 Å². The summed E-state index contributed by atoms with van der Waals surface area (Å²) in [6.45, 7) is 0. The second-order valence-electron chi connectivity index (χ2n) is 3.20. The van der Waals surface area contributed by atoms with Gasteiger partial charge in [-0.05, 0) is 22.0 Å². The quantitative estimate of drug-likeness (QED) is 0.859. The van der Waals surface area contributed by atoms with E-state index in [2.05, 4.69) is 20.9 Å². The molecule has 0 spiro atoms. The highest BCUT2D eigenvalue weighted by Crippen LogP contribution is 2.29. The van der Waals surface area contributed by atoms with Gasteiger partial charge in [0.05, 0.1) is 0 Å². The smallest absolute Gasteiger partial charge is 0.161 e. The highest BCUT2D eigenvalue weighted by atomic mass is 79.9. The second-order valence-corrected chi connectivity index (χ2v) is 4.90. The fourth-order valence-electron chi connectivity index (χ4n) is 1.27. The zero-order chi connectivity index (χ0) is 12.6. The summed E-state index contributed by atoms with van der Waals surface area (Å²) in [6.07, 6.45) is -1.42. The summed E-state index contributed by atoms with van der Waals surface area (Å²) in [5.41, 5.74) is -0.342. The van der Waals surface area contributed by atoms with Crippen LogP contribution >= 0.6 is 27.3 Å². The number of thiazole rings is 1. The van der Waals surface area contributed by atoms with Crippen LogP contribution in [0.1, 0.15) is 16.7 Å². The third-order valence-electron chi connectivity index (χ3n) is 2.06. The zero-order valence-corrected chi connectivity index (χ0v) is 10.5. The van der Waals surface area contributed by atoms with Crippen molar-refractivity contribution >= 4 is 27.3 Å². The molecule has 1 aromatic carbocycles. The minimum atomic E-state index is -1.42. The number of halogens is 4. The Morgan fingerprint density at radius 1 is 1.18 bits per heavy atom. The average molecular weight is 324 g/mol. The number of hydrogen-bond acceptors (Lipinski definition) is 3. The standard InChI is InChI=1S/C10H5BrF3NOS/c11-8-3-17-10(15-8)9(16)4-1-6(13)7(14)2-5(4)12/h1-3,9,16H. The topological polar surface area (TPSA) is 33.1 Å². The first-order valence-corrected chi connectivity index (χ1v) is 6.09. The molecular formula is C10H5BrF3NOS. The van der Waals surface area contributed by atoms with E-state index < -0.39 is 23.6 Å². The molecule has 2 rings (SSSR count). The molecule has 17 heavy (non-hydrogen) atoms. The van der Waals surface area contributed by atoms with Crippen molar-refractivity contribution in [2.75, 3.05) is 0 Å². The Morgan fingerprint density at radius 3 is 2.41 bits per heavy atom. The molecule has 1 heterocycles. The molecule has 1 unspecified atom stereocenters. The second kappa shape index (κ2) is 4.75. The van der Waals surface area contributed by atoms with Gasteiger partial charge in [-0.3, -0.25) is 0 Å². The molecule has 0 saturated heterocycles. The highest BCUT2D eigenvalue weighted by Gasteiger charge is 2.20. The van der Waals surface area contributed by atoms with Gasteiger partial charge in [0.2, 0.25) is 0 Å². The van der Waals surface area contributed by atoms with Crippen LogP contribution in [0.2, 0.25) is 0 Å². The molecule has 7 heteroatoms. The van der Waals surface area contributed by atoms with Crippen molar-refractivity contribution in [3.05, 3.63) is 50.1 Å². The van der Waals surface area contributed by atoms with E-state index in [-0.39, 0.29) is 10.6 Å². The molecule has 2 nitrogen and oxygen atoms in total. The van der Waals surface area contributed by atoms with Crippen LogP contribution in [0.15, 0.2) is 22.1 Å². The normalized spacial score (nSPS) is 12.8. The van der Waals surface area contributed by atoms with Crippen LogP contribution in [0.3, 0.4) is 0 Å². The molecule has 0 bridgehead atoms. The van der Waals surface area contributed by atoms with Crippen LogP contribution in [0, 0.1) is 17.5 Å². The number of aliphatic hydroxyl groups is 1. The van der Waals surface area contributed by atoms with Crippen molar-refractivity contribution in [2.45, 2.75) is 6.10 Å². The summed E-state index contributed by atoms with van der Waals surface area (Å²) in [6, 6.07) is 1.03. The maximum atomic E-state index is 13.4. The zero-order valence-electron chi connectivity index (χ0n) is 8.12. The monoisotopic (exact) mass is 323 g/mol. The number of benzene rings is 1. The van der Waals surface area contributed by atoms with Crippen LogP contribution in [-0.2, 0) is 0 Å². The third kappa shape index (κ3) is 2.51. The minimum absolute atomic E-state index is 0.196. The van der Waals surface area contributed by atoms with E-state index in [1.165, 1.54) is 0 Å². The van der Waals surface area contributed by atoms with Crippen molar-refractivity contribution < 1.29 is 18.3 Å². The maximum Gasteiger partial charge on any atom is 0.161 e. The first kappa shape index (κ1) is 12.5. The van der Waals surface area contributed by atoms with Gasteiger partial charge in [0, 0.05) is 17.0 Å². The van der Waals surface area contributed by atoms with E-state index in [1.54, 1.807) is 5.38 Å². The van der Waals surface area contributed by atoms with Gasteiger partial charge < -0.3 is 5.11 Å². The highest BCUT2D eigenvalue weighted by molar-refractivity contribution is 9.10. The van der Waals surface area contributed by atoms with Crippen molar-refractivity contribution in [3.63, 3.8) is 0 Å². The number of aromatic nitrogens is 1. The van der Waals surface area contributed by atoms with Crippen LogP contribution in [0.5, 0.6) is 0 Å². The van der Waals surface area contributed by atoms with E-state index in [0.717, 1.165) is 11.3 Å². The van der Waals surface area contributed by atoms with Gasteiger partial charge in [0.25, 0.3) is 0 Å². The summed E-state index contributed by atoms with van der Waals surface area (Å²) < 4.78 is 39.5. The number of aliphatic hydroxyl groups excluding tert-OH is 1. The van der Waals surface area contributed by atoms with E-state index in [1.807, 2.05) is 0 Å². The molecule has 1 aromatic heterocycles. The lowest BCUT2D eigenvalue weighted by Gasteiger charge is -2.09. The van der Waals surface area contributed by atoms with Crippen molar-refractivity contribution in [1.29, 1.82) is 0 Å². The van der Waals surface area contributed by atoms with Crippen LogP contribution in [-0.4, -0.2) is 10.1 Å². The van der Waals surface area contributed by atoms with E-state index in [4.69, 9.17) is 0 Å². The molecule has 0 saturated carbocycles. The molecule has 0 aliphatic rings. The molecule has 0 radical (unpaired) electrons. The Balaban J connectivity index is 2.43. The Kier molecular flexibility index (Phi) is 3.50. The van der Waals surface area contributed by atoms with Crippen LogP contribution < -0.4 is 0 Å². The van der Waals surface area contributed by atoms with Gasteiger partial charge in [-0.15, -0.1) is 11.3 Å². The largest absolute Gasteiger partial charge is 0.381 e. The molecule has 0 amide bonds. The SMILES string of the molecule is OC(c1nc(Br)cs1)c1cc(F)c(F)cc1F. The fraction of sp³-hybridized carbons (Fsp3) is 0.100. The summed E-state index contributed by atoms with van der Waals surface area (Å²) in [7, 11) is 0. The van der Waals surface area contributed by atoms with E-state index >= 15 is 0 Å². The first-order valence-electron chi connectivity index (χ1n) is 4.42. The van der Waals surface area contributed by atoms with Crippen LogP contribution in [0.25, 0.3) is 0 Å². The summed E-state index contributed by atoms with van der Waals surface area (Å²) >= 11 is 4.16. The molecular weight excluding hydrogens is 319 g/mol. The Bertz CT molecular complexity index is 560. The molecule has 1 N–H and O–H groups in total. The summed E-state index contributed by atoms with van der Waals surface area (Å²) in [4.78, 5) is 3.88. The van der Waals surface area contributed by atoms with Crippen molar-refractivity contribution in [3.8, 4) is 0 Å². The lowest BCUT2D eigenvalue weighted by atomic mass is 10.1. The van der Waals surface area contributed by atoms with Gasteiger partial charge in [0.1, 0.15) is 21.5 Å². The Morgan fingerprint density at radius 2 is 1.82 bits per heavy atom. The Labute approximate surface area is 107 Å².